The smallest absolute Gasteiger partial charge is 0.181 e. The van der Waals surface area contributed by atoms with Gasteiger partial charge < -0.3 is 5.73 Å². The van der Waals surface area contributed by atoms with E-state index in [1.807, 2.05) is 30.3 Å². The molecule has 0 aliphatic carbocycles. The van der Waals surface area contributed by atoms with Gasteiger partial charge in [-0.2, -0.15) is 0 Å². The summed E-state index contributed by atoms with van der Waals surface area (Å²) in [5.74, 6) is -0.248. The fourth-order valence-electron chi connectivity index (χ4n) is 1.93. The van der Waals surface area contributed by atoms with E-state index in [0.717, 1.165) is 21.7 Å². The maximum absolute atomic E-state index is 13.0. The third-order valence-electron chi connectivity index (χ3n) is 2.80. The molecule has 94 valence electrons. The lowest BCUT2D eigenvalue weighted by Gasteiger charge is -2.02. The van der Waals surface area contributed by atoms with Crippen molar-refractivity contribution in [1.82, 2.24) is 4.98 Å². The lowest BCUT2D eigenvalue weighted by Crippen LogP contribution is -1.84. The van der Waals surface area contributed by atoms with Crippen LogP contribution in [0.15, 0.2) is 54.6 Å². The average Bonchev–Trinajstić information content (AvgIpc) is 2.83. The topological polar surface area (TPSA) is 38.9 Å². The molecular formula is C15H11FN2S. The zero-order chi connectivity index (χ0) is 13.2. The quantitative estimate of drug-likeness (QED) is 0.758. The van der Waals surface area contributed by atoms with Crippen molar-refractivity contribution in [2.75, 3.05) is 5.73 Å². The summed E-state index contributed by atoms with van der Waals surface area (Å²) in [6, 6.07) is 16.2. The van der Waals surface area contributed by atoms with Crippen LogP contribution in [0, 0.1) is 5.82 Å². The summed E-state index contributed by atoms with van der Waals surface area (Å²) in [4.78, 5) is 5.34. The molecule has 0 unspecified atom stereocenters. The molecule has 4 heteroatoms. The maximum atomic E-state index is 13.0. The first-order chi connectivity index (χ1) is 9.24. The third-order valence-corrected chi connectivity index (χ3v) is 3.73. The van der Waals surface area contributed by atoms with Crippen molar-refractivity contribution in [2.45, 2.75) is 0 Å². The van der Waals surface area contributed by atoms with E-state index in [4.69, 9.17) is 5.73 Å². The molecule has 2 N–H and O–H groups in total. The minimum atomic E-state index is -0.248. The number of benzene rings is 2. The van der Waals surface area contributed by atoms with Gasteiger partial charge in [-0.25, -0.2) is 9.37 Å². The monoisotopic (exact) mass is 270 g/mol. The average molecular weight is 270 g/mol. The van der Waals surface area contributed by atoms with E-state index >= 15 is 0 Å². The van der Waals surface area contributed by atoms with E-state index in [0.29, 0.717) is 5.13 Å². The molecule has 0 amide bonds. The van der Waals surface area contributed by atoms with E-state index in [2.05, 4.69) is 4.98 Å². The van der Waals surface area contributed by atoms with Crippen molar-refractivity contribution in [3.63, 3.8) is 0 Å². The molecule has 0 aliphatic heterocycles. The maximum Gasteiger partial charge on any atom is 0.181 e. The van der Waals surface area contributed by atoms with Crippen LogP contribution in [0.3, 0.4) is 0 Å². The molecule has 0 aliphatic rings. The minimum absolute atomic E-state index is 0.248. The molecule has 0 spiro atoms. The Morgan fingerprint density at radius 2 is 1.58 bits per heavy atom. The Bertz CT molecular complexity index is 690. The second kappa shape index (κ2) is 4.82. The molecule has 1 aromatic heterocycles. The lowest BCUT2D eigenvalue weighted by molar-refractivity contribution is 0.628. The Morgan fingerprint density at radius 3 is 2.26 bits per heavy atom. The largest absolute Gasteiger partial charge is 0.375 e. The molecule has 2 aromatic carbocycles. The van der Waals surface area contributed by atoms with Gasteiger partial charge in [0.15, 0.2) is 5.13 Å². The summed E-state index contributed by atoms with van der Waals surface area (Å²) in [5.41, 5.74) is 8.59. The molecule has 19 heavy (non-hydrogen) atoms. The second-order valence-electron chi connectivity index (χ2n) is 4.10. The van der Waals surface area contributed by atoms with E-state index in [1.54, 1.807) is 12.1 Å². The number of nitrogens with zero attached hydrogens (tertiary/aromatic N) is 1. The van der Waals surface area contributed by atoms with Crippen molar-refractivity contribution in [1.29, 1.82) is 0 Å². The Morgan fingerprint density at radius 1 is 0.895 bits per heavy atom. The summed E-state index contributed by atoms with van der Waals surface area (Å²) in [6.45, 7) is 0. The van der Waals surface area contributed by atoms with Gasteiger partial charge in [0.25, 0.3) is 0 Å². The van der Waals surface area contributed by atoms with Gasteiger partial charge in [-0.1, -0.05) is 53.8 Å². The molecule has 0 bridgehead atoms. The summed E-state index contributed by atoms with van der Waals surface area (Å²) in [7, 11) is 0. The first-order valence-corrected chi connectivity index (χ1v) is 6.63. The van der Waals surface area contributed by atoms with Crippen LogP contribution in [0.4, 0.5) is 9.52 Å². The highest BCUT2D eigenvalue weighted by molar-refractivity contribution is 7.19. The van der Waals surface area contributed by atoms with Gasteiger partial charge in [-0.3, -0.25) is 0 Å². The standard InChI is InChI=1S/C15H11FN2S/c16-12-8-6-11(7-9-12)14-13(18-15(17)19-14)10-4-2-1-3-5-10/h1-9H,(H2,17,18). The Hall–Kier alpha value is -2.20. The summed E-state index contributed by atoms with van der Waals surface area (Å²) in [5, 5.41) is 0.512. The Labute approximate surface area is 114 Å². The number of nitrogens with two attached hydrogens (primary N) is 1. The van der Waals surface area contributed by atoms with Gasteiger partial charge in [0.05, 0.1) is 10.6 Å². The van der Waals surface area contributed by atoms with Crippen LogP contribution >= 0.6 is 11.3 Å². The third kappa shape index (κ3) is 2.35. The Kier molecular flexibility index (Phi) is 3.01. The van der Waals surface area contributed by atoms with Crippen molar-refractivity contribution in [2.24, 2.45) is 0 Å². The first-order valence-electron chi connectivity index (χ1n) is 5.82. The van der Waals surface area contributed by atoms with E-state index < -0.39 is 0 Å². The number of aromatic nitrogens is 1. The number of thiazole rings is 1. The molecular weight excluding hydrogens is 259 g/mol. The number of nitrogen functional groups attached to an aromatic ring is 1. The van der Waals surface area contributed by atoms with E-state index in [1.165, 1.54) is 23.5 Å². The van der Waals surface area contributed by atoms with E-state index in [-0.39, 0.29) is 5.82 Å². The summed E-state index contributed by atoms with van der Waals surface area (Å²) >= 11 is 1.41. The zero-order valence-electron chi connectivity index (χ0n) is 10.0. The predicted molar refractivity (Wildman–Crippen MR) is 77.4 cm³/mol. The fraction of sp³-hybridized carbons (Fsp3) is 0. The summed E-state index contributed by atoms with van der Waals surface area (Å²) < 4.78 is 13.0. The molecule has 0 radical (unpaired) electrons. The SMILES string of the molecule is Nc1nc(-c2ccccc2)c(-c2ccc(F)cc2)s1. The zero-order valence-corrected chi connectivity index (χ0v) is 10.8. The van der Waals surface area contributed by atoms with E-state index in [9.17, 15) is 4.39 Å². The van der Waals surface area contributed by atoms with Gasteiger partial charge in [-0.05, 0) is 17.7 Å². The Balaban J connectivity index is 2.15. The first kappa shape index (κ1) is 11.9. The van der Waals surface area contributed by atoms with Crippen LogP contribution in [-0.2, 0) is 0 Å². The molecule has 2 nitrogen and oxygen atoms in total. The van der Waals surface area contributed by atoms with Crippen molar-refractivity contribution in [3.8, 4) is 21.7 Å². The lowest BCUT2D eigenvalue weighted by atomic mass is 10.1. The molecule has 3 aromatic rings. The molecule has 3 rings (SSSR count). The number of hydrogen-bond donors (Lipinski definition) is 1. The molecule has 1 heterocycles. The van der Waals surface area contributed by atoms with Crippen molar-refractivity contribution >= 4 is 16.5 Å². The number of hydrogen-bond acceptors (Lipinski definition) is 3. The van der Waals surface area contributed by atoms with Gasteiger partial charge in [0.1, 0.15) is 5.82 Å². The molecule has 0 fully saturated rings. The van der Waals surface area contributed by atoms with Crippen molar-refractivity contribution in [3.05, 3.63) is 60.4 Å². The number of rotatable bonds is 2. The van der Waals surface area contributed by atoms with Crippen LogP contribution < -0.4 is 5.73 Å². The highest BCUT2D eigenvalue weighted by atomic mass is 32.1. The number of anilines is 1. The van der Waals surface area contributed by atoms with Crippen LogP contribution in [-0.4, -0.2) is 4.98 Å². The molecule has 0 atom stereocenters. The number of halogens is 1. The highest BCUT2D eigenvalue weighted by Gasteiger charge is 2.13. The van der Waals surface area contributed by atoms with Gasteiger partial charge in [0.2, 0.25) is 0 Å². The molecule has 0 saturated carbocycles. The minimum Gasteiger partial charge on any atom is -0.375 e. The summed E-state index contributed by atoms with van der Waals surface area (Å²) in [6.07, 6.45) is 0. The van der Waals surface area contributed by atoms with Gasteiger partial charge >= 0.3 is 0 Å². The molecule has 0 saturated heterocycles. The van der Waals surface area contributed by atoms with Crippen LogP contribution in [0.1, 0.15) is 0 Å². The second-order valence-corrected chi connectivity index (χ2v) is 5.13. The highest BCUT2D eigenvalue weighted by Crippen LogP contribution is 2.37. The van der Waals surface area contributed by atoms with Gasteiger partial charge in [-0.15, -0.1) is 0 Å². The normalized spacial score (nSPS) is 10.6. The fourth-order valence-corrected chi connectivity index (χ4v) is 2.79. The predicted octanol–water partition coefficient (Wildman–Crippen LogP) is 4.20. The van der Waals surface area contributed by atoms with Crippen LogP contribution in [0.2, 0.25) is 0 Å². The van der Waals surface area contributed by atoms with Crippen LogP contribution in [0.5, 0.6) is 0 Å². The van der Waals surface area contributed by atoms with Crippen LogP contribution in [0.25, 0.3) is 21.7 Å². The van der Waals surface area contributed by atoms with Crippen molar-refractivity contribution < 1.29 is 4.39 Å². The van der Waals surface area contributed by atoms with Gasteiger partial charge in [0, 0.05) is 5.56 Å².